The molecule has 0 saturated heterocycles. The Morgan fingerprint density at radius 1 is 0.950 bits per heavy atom. The van der Waals surface area contributed by atoms with E-state index >= 15 is 0 Å². The molecule has 2 fully saturated rings. The summed E-state index contributed by atoms with van der Waals surface area (Å²) in [6, 6.07) is 10.7. The summed E-state index contributed by atoms with van der Waals surface area (Å²) < 4.78 is 0. The molecule has 2 aliphatic rings. The van der Waals surface area contributed by atoms with Gasteiger partial charge in [0.1, 0.15) is 11.0 Å². The van der Waals surface area contributed by atoms with Crippen LogP contribution in [-0.2, 0) is 0 Å². The summed E-state index contributed by atoms with van der Waals surface area (Å²) in [5.74, 6) is 2.19. The second kappa shape index (κ2) is 4.85. The molecule has 0 bridgehead atoms. The molecule has 0 unspecified atom stereocenters. The summed E-state index contributed by atoms with van der Waals surface area (Å²) in [5.41, 5.74) is 3.57. The number of halogens is 1. The predicted octanol–water partition coefficient (Wildman–Crippen LogP) is 4.94. The van der Waals surface area contributed by atoms with E-state index in [1.807, 2.05) is 6.07 Å². The molecule has 2 saturated carbocycles. The van der Waals surface area contributed by atoms with Crippen molar-refractivity contribution in [1.29, 1.82) is 0 Å². The molecular formula is C17H17ClN2. The lowest BCUT2D eigenvalue weighted by Gasteiger charge is -2.26. The molecule has 2 aromatic rings. The van der Waals surface area contributed by atoms with Crippen molar-refractivity contribution < 1.29 is 0 Å². The highest BCUT2D eigenvalue weighted by Gasteiger charge is 2.27. The first-order valence-corrected chi connectivity index (χ1v) is 7.82. The quantitative estimate of drug-likeness (QED) is 0.746. The van der Waals surface area contributed by atoms with Crippen molar-refractivity contribution in [2.24, 2.45) is 0 Å². The molecule has 1 aromatic heterocycles. The van der Waals surface area contributed by atoms with E-state index in [0.717, 1.165) is 17.4 Å². The molecule has 0 atom stereocenters. The van der Waals surface area contributed by atoms with Crippen LogP contribution in [0.4, 0.5) is 0 Å². The molecule has 102 valence electrons. The Hall–Kier alpha value is -1.41. The summed E-state index contributed by atoms with van der Waals surface area (Å²) in [4.78, 5) is 9.08. The Labute approximate surface area is 124 Å². The van der Waals surface area contributed by atoms with Crippen molar-refractivity contribution >= 4 is 11.6 Å². The molecule has 2 aliphatic carbocycles. The van der Waals surface area contributed by atoms with Gasteiger partial charge in [-0.05, 0) is 43.2 Å². The predicted molar refractivity (Wildman–Crippen MR) is 81.0 cm³/mol. The van der Waals surface area contributed by atoms with E-state index in [1.54, 1.807) is 0 Å². The van der Waals surface area contributed by atoms with E-state index in [1.165, 1.54) is 43.2 Å². The number of hydrogen-bond donors (Lipinski definition) is 0. The zero-order valence-electron chi connectivity index (χ0n) is 11.3. The highest BCUT2D eigenvalue weighted by molar-refractivity contribution is 6.29. The van der Waals surface area contributed by atoms with Crippen LogP contribution in [0.1, 0.15) is 55.3 Å². The fourth-order valence-electron chi connectivity index (χ4n) is 2.80. The maximum absolute atomic E-state index is 6.16. The Bertz CT molecular complexity index is 645. The van der Waals surface area contributed by atoms with Gasteiger partial charge in [-0.1, -0.05) is 36.2 Å². The lowest BCUT2D eigenvalue weighted by Crippen LogP contribution is -2.08. The van der Waals surface area contributed by atoms with Gasteiger partial charge in [0, 0.05) is 17.5 Å². The van der Waals surface area contributed by atoms with Crippen LogP contribution < -0.4 is 0 Å². The highest BCUT2D eigenvalue weighted by atomic mass is 35.5. The van der Waals surface area contributed by atoms with Crippen molar-refractivity contribution in [3.63, 3.8) is 0 Å². The topological polar surface area (TPSA) is 25.8 Å². The summed E-state index contributed by atoms with van der Waals surface area (Å²) >= 11 is 6.16. The van der Waals surface area contributed by atoms with E-state index in [0.29, 0.717) is 11.1 Å². The lowest BCUT2D eigenvalue weighted by molar-refractivity contribution is 0.420. The van der Waals surface area contributed by atoms with Crippen molar-refractivity contribution in [2.45, 2.75) is 43.9 Å². The normalized spacial score (nSPS) is 18.9. The van der Waals surface area contributed by atoms with E-state index < -0.39 is 0 Å². The van der Waals surface area contributed by atoms with Gasteiger partial charge < -0.3 is 0 Å². The van der Waals surface area contributed by atoms with Gasteiger partial charge in [0.05, 0.1) is 5.69 Å². The number of hydrogen-bond acceptors (Lipinski definition) is 2. The summed E-state index contributed by atoms with van der Waals surface area (Å²) in [7, 11) is 0. The third kappa shape index (κ3) is 2.33. The summed E-state index contributed by atoms with van der Waals surface area (Å²) in [6.45, 7) is 0. The van der Waals surface area contributed by atoms with Crippen LogP contribution in [0.2, 0.25) is 5.15 Å². The zero-order chi connectivity index (χ0) is 13.5. The first-order chi connectivity index (χ1) is 9.79. The SMILES string of the molecule is Clc1cc(-c2cccc(C3CCC3)c2)nc(C2CC2)n1. The molecule has 20 heavy (non-hydrogen) atoms. The van der Waals surface area contributed by atoms with Gasteiger partial charge in [-0.2, -0.15) is 0 Å². The largest absolute Gasteiger partial charge is 0.232 e. The standard InChI is InChI=1S/C17H17ClN2/c18-16-10-15(19-17(20-16)12-7-8-12)14-6-2-5-13(9-14)11-3-1-4-11/h2,5-6,9-12H,1,3-4,7-8H2. The van der Waals surface area contributed by atoms with Crippen LogP contribution in [0.25, 0.3) is 11.3 Å². The Morgan fingerprint density at radius 3 is 2.50 bits per heavy atom. The van der Waals surface area contributed by atoms with Crippen molar-refractivity contribution in [3.8, 4) is 11.3 Å². The number of aromatic nitrogens is 2. The monoisotopic (exact) mass is 284 g/mol. The maximum Gasteiger partial charge on any atom is 0.133 e. The van der Waals surface area contributed by atoms with Gasteiger partial charge in [-0.3, -0.25) is 0 Å². The van der Waals surface area contributed by atoms with E-state index in [4.69, 9.17) is 16.6 Å². The number of benzene rings is 1. The summed E-state index contributed by atoms with van der Waals surface area (Å²) in [6.07, 6.45) is 6.40. The first kappa shape index (κ1) is 12.3. The Kier molecular flexibility index (Phi) is 2.99. The smallest absolute Gasteiger partial charge is 0.133 e. The van der Waals surface area contributed by atoms with Gasteiger partial charge in [0.2, 0.25) is 0 Å². The van der Waals surface area contributed by atoms with Gasteiger partial charge in [0.15, 0.2) is 0 Å². The second-order valence-corrected chi connectivity index (χ2v) is 6.35. The molecule has 0 amide bonds. The average Bonchev–Trinajstić information content (AvgIpc) is 3.20. The van der Waals surface area contributed by atoms with Crippen LogP contribution in [-0.4, -0.2) is 9.97 Å². The van der Waals surface area contributed by atoms with Gasteiger partial charge in [-0.15, -0.1) is 0 Å². The Morgan fingerprint density at radius 2 is 1.80 bits per heavy atom. The molecule has 2 nitrogen and oxygen atoms in total. The summed E-state index contributed by atoms with van der Waals surface area (Å²) in [5, 5.41) is 0.561. The van der Waals surface area contributed by atoms with Crippen LogP contribution >= 0.6 is 11.6 Å². The maximum atomic E-state index is 6.16. The minimum atomic E-state index is 0.530. The third-order valence-electron chi connectivity index (χ3n) is 4.41. The second-order valence-electron chi connectivity index (χ2n) is 5.96. The van der Waals surface area contributed by atoms with E-state index in [9.17, 15) is 0 Å². The minimum Gasteiger partial charge on any atom is -0.232 e. The van der Waals surface area contributed by atoms with Gasteiger partial charge >= 0.3 is 0 Å². The van der Waals surface area contributed by atoms with Crippen LogP contribution in [0, 0.1) is 0 Å². The molecule has 0 radical (unpaired) electrons. The first-order valence-electron chi connectivity index (χ1n) is 7.44. The molecule has 0 spiro atoms. The fourth-order valence-corrected chi connectivity index (χ4v) is 2.99. The van der Waals surface area contributed by atoms with Crippen LogP contribution in [0.15, 0.2) is 30.3 Å². The van der Waals surface area contributed by atoms with Crippen molar-refractivity contribution in [2.75, 3.05) is 0 Å². The third-order valence-corrected chi connectivity index (χ3v) is 4.61. The van der Waals surface area contributed by atoms with Crippen LogP contribution in [0.3, 0.4) is 0 Å². The molecular weight excluding hydrogens is 268 g/mol. The molecule has 1 heterocycles. The lowest BCUT2D eigenvalue weighted by atomic mass is 9.79. The fraction of sp³-hybridized carbons (Fsp3) is 0.412. The van der Waals surface area contributed by atoms with E-state index in [2.05, 4.69) is 29.2 Å². The Balaban J connectivity index is 1.72. The molecule has 0 N–H and O–H groups in total. The van der Waals surface area contributed by atoms with Crippen molar-refractivity contribution in [3.05, 3.63) is 46.9 Å². The zero-order valence-corrected chi connectivity index (χ0v) is 12.1. The van der Waals surface area contributed by atoms with Gasteiger partial charge in [0.25, 0.3) is 0 Å². The minimum absolute atomic E-state index is 0.530. The molecule has 4 rings (SSSR count). The highest BCUT2D eigenvalue weighted by Crippen LogP contribution is 2.40. The number of nitrogens with zero attached hydrogens (tertiary/aromatic N) is 2. The van der Waals surface area contributed by atoms with Gasteiger partial charge in [-0.25, -0.2) is 9.97 Å². The van der Waals surface area contributed by atoms with Crippen molar-refractivity contribution in [1.82, 2.24) is 9.97 Å². The molecule has 1 aromatic carbocycles. The molecule has 0 aliphatic heterocycles. The van der Waals surface area contributed by atoms with E-state index in [-0.39, 0.29) is 0 Å². The van der Waals surface area contributed by atoms with Crippen LogP contribution in [0.5, 0.6) is 0 Å². The number of rotatable bonds is 3. The average molecular weight is 285 g/mol. The molecule has 3 heteroatoms.